The second-order valence-corrected chi connectivity index (χ2v) is 5.86. The number of hydrogen-bond acceptors (Lipinski definition) is 5. The minimum absolute atomic E-state index is 0.240. The summed E-state index contributed by atoms with van der Waals surface area (Å²) in [4.78, 5) is 35.9. The molecule has 0 radical (unpaired) electrons. The third-order valence-electron chi connectivity index (χ3n) is 3.31. The van der Waals surface area contributed by atoms with E-state index in [0.29, 0.717) is 44.6 Å². The first-order valence-corrected chi connectivity index (χ1v) is 8.17. The summed E-state index contributed by atoms with van der Waals surface area (Å²) >= 11 is 1.56. The van der Waals surface area contributed by atoms with Crippen LogP contribution in [0.1, 0.15) is 25.7 Å². The Labute approximate surface area is 123 Å². The summed E-state index contributed by atoms with van der Waals surface area (Å²) in [6, 6.07) is -0.808. The van der Waals surface area contributed by atoms with Crippen LogP contribution in [0.15, 0.2) is 0 Å². The molecule has 6 nitrogen and oxygen atoms in total. The van der Waals surface area contributed by atoms with Crippen molar-refractivity contribution >= 4 is 29.4 Å². The van der Waals surface area contributed by atoms with Gasteiger partial charge < -0.3 is 15.3 Å². The minimum Gasteiger partial charge on any atom is -0.480 e. The van der Waals surface area contributed by atoms with Gasteiger partial charge in [0, 0.05) is 38.9 Å². The number of carboxylic acid groups (broad SMARTS) is 1. The lowest BCUT2D eigenvalue weighted by molar-refractivity contribution is -0.142. The van der Waals surface area contributed by atoms with Crippen LogP contribution < -0.4 is 5.32 Å². The van der Waals surface area contributed by atoms with Gasteiger partial charge in [-0.15, -0.1) is 0 Å². The van der Waals surface area contributed by atoms with Gasteiger partial charge in [-0.1, -0.05) is 0 Å². The maximum Gasteiger partial charge on any atom is 0.326 e. The summed E-state index contributed by atoms with van der Waals surface area (Å²) in [5.74, 6) is -0.258. The molecule has 0 aromatic heterocycles. The van der Waals surface area contributed by atoms with E-state index >= 15 is 0 Å². The van der Waals surface area contributed by atoms with E-state index in [9.17, 15) is 14.4 Å². The monoisotopic (exact) mass is 302 g/mol. The SMILES string of the molecule is CSCCC(NC(=O)CCN1CCC(=O)CC1)C(=O)O. The summed E-state index contributed by atoms with van der Waals surface area (Å²) in [6.45, 7) is 1.97. The van der Waals surface area contributed by atoms with E-state index in [1.807, 2.05) is 6.26 Å². The summed E-state index contributed by atoms with van der Waals surface area (Å²) < 4.78 is 0. The van der Waals surface area contributed by atoms with Crippen molar-refractivity contribution in [2.24, 2.45) is 0 Å². The summed E-state index contributed by atoms with van der Waals surface area (Å²) in [7, 11) is 0. The number of nitrogens with one attached hydrogen (secondary N) is 1. The zero-order chi connectivity index (χ0) is 15.0. The Morgan fingerprint density at radius 3 is 2.60 bits per heavy atom. The first-order chi connectivity index (χ1) is 9.52. The highest BCUT2D eigenvalue weighted by atomic mass is 32.2. The van der Waals surface area contributed by atoms with E-state index in [2.05, 4.69) is 10.2 Å². The Kier molecular flexibility index (Phi) is 7.61. The highest BCUT2D eigenvalue weighted by molar-refractivity contribution is 7.98. The molecule has 114 valence electrons. The first-order valence-electron chi connectivity index (χ1n) is 6.78. The van der Waals surface area contributed by atoms with Crippen LogP contribution in [-0.4, -0.2) is 65.4 Å². The second-order valence-electron chi connectivity index (χ2n) is 4.87. The number of nitrogens with zero attached hydrogens (tertiary/aromatic N) is 1. The van der Waals surface area contributed by atoms with Gasteiger partial charge in [0.15, 0.2) is 0 Å². The molecule has 0 aromatic rings. The molecule has 7 heteroatoms. The van der Waals surface area contributed by atoms with Crippen molar-refractivity contribution < 1.29 is 19.5 Å². The Bertz CT molecular complexity index is 352. The van der Waals surface area contributed by atoms with Crippen LogP contribution in [0.25, 0.3) is 0 Å². The van der Waals surface area contributed by atoms with E-state index in [4.69, 9.17) is 5.11 Å². The molecule has 20 heavy (non-hydrogen) atoms. The number of ketones is 1. The summed E-state index contributed by atoms with van der Waals surface area (Å²) in [6.07, 6.45) is 3.70. The van der Waals surface area contributed by atoms with Gasteiger partial charge in [-0.05, 0) is 18.4 Å². The molecule has 0 spiro atoms. The van der Waals surface area contributed by atoms with Crippen molar-refractivity contribution in [3.8, 4) is 0 Å². The van der Waals surface area contributed by atoms with Gasteiger partial charge in [0.1, 0.15) is 11.8 Å². The van der Waals surface area contributed by atoms with Crippen molar-refractivity contribution in [3.05, 3.63) is 0 Å². The van der Waals surface area contributed by atoms with E-state index in [1.165, 1.54) is 0 Å². The number of likely N-dealkylation sites (tertiary alicyclic amines) is 1. The van der Waals surface area contributed by atoms with Gasteiger partial charge in [0.05, 0.1) is 0 Å². The topological polar surface area (TPSA) is 86.7 Å². The number of hydrogen-bond donors (Lipinski definition) is 2. The van der Waals surface area contributed by atoms with Gasteiger partial charge in [-0.2, -0.15) is 11.8 Å². The molecule has 2 N–H and O–H groups in total. The zero-order valence-electron chi connectivity index (χ0n) is 11.8. The lowest BCUT2D eigenvalue weighted by Crippen LogP contribution is -2.43. The molecule has 1 fully saturated rings. The van der Waals surface area contributed by atoms with Gasteiger partial charge in [0.2, 0.25) is 5.91 Å². The van der Waals surface area contributed by atoms with Crippen LogP contribution in [0.5, 0.6) is 0 Å². The van der Waals surface area contributed by atoms with Gasteiger partial charge in [-0.25, -0.2) is 4.79 Å². The Balaban J connectivity index is 2.27. The summed E-state index contributed by atoms with van der Waals surface area (Å²) in [5, 5.41) is 11.6. The number of aliphatic carboxylic acids is 1. The largest absolute Gasteiger partial charge is 0.480 e. The number of amides is 1. The first kappa shape index (κ1) is 17.0. The number of carbonyl (C=O) groups excluding carboxylic acids is 2. The van der Waals surface area contributed by atoms with Crippen LogP contribution in [-0.2, 0) is 14.4 Å². The Hall–Kier alpha value is -1.08. The van der Waals surface area contributed by atoms with Crippen molar-refractivity contribution in [3.63, 3.8) is 0 Å². The maximum atomic E-state index is 11.8. The smallest absolute Gasteiger partial charge is 0.326 e. The average Bonchev–Trinajstić information content (AvgIpc) is 2.42. The fourth-order valence-corrected chi connectivity index (χ4v) is 2.52. The van der Waals surface area contributed by atoms with Crippen LogP contribution in [0.4, 0.5) is 0 Å². The van der Waals surface area contributed by atoms with Gasteiger partial charge >= 0.3 is 5.97 Å². The second kappa shape index (κ2) is 8.97. The molecule has 0 aromatic carbocycles. The van der Waals surface area contributed by atoms with Gasteiger partial charge in [-0.3, -0.25) is 9.59 Å². The third kappa shape index (κ3) is 6.38. The number of piperidine rings is 1. The lowest BCUT2D eigenvalue weighted by atomic mass is 10.1. The number of carboxylic acids is 1. The quantitative estimate of drug-likeness (QED) is 0.673. The standard InChI is InChI=1S/C13H22N2O4S/c1-20-9-5-11(13(18)19)14-12(17)4-8-15-6-2-10(16)3-7-15/h11H,2-9H2,1H3,(H,14,17)(H,18,19). The molecule has 1 aliphatic rings. The summed E-state index contributed by atoms with van der Waals surface area (Å²) in [5.41, 5.74) is 0. The van der Waals surface area contributed by atoms with Crippen LogP contribution >= 0.6 is 11.8 Å². The van der Waals surface area contributed by atoms with E-state index in [1.54, 1.807) is 11.8 Å². The van der Waals surface area contributed by atoms with E-state index in [-0.39, 0.29) is 18.1 Å². The van der Waals surface area contributed by atoms with Crippen molar-refractivity contribution in [2.75, 3.05) is 31.6 Å². The molecule has 0 bridgehead atoms. The van der Waals surface area contributed by atoms with Gasteiger partial charge in [0.25, 0.3) is 0 Å². The molecule has 1 heterocycles. The maximum absolute atomic E-state index is 11.8. The molecular weight excluding hydrogens is 280 g/mol. The molecule has 1 aliphatic heterocycles. The van der Waals surface area contributed by atoms with Crippen molar-refractivity contribution in [1.82, 2.24) is 10.2 Å². The number of rotatable bonds is 8. The fraction of sp³-hybridized carbons (Fsp3) is 0.769. The van der Waals surface area contributed by atoms with E-state index < -0.39 is 12.0 Å². The Morgan fingerprint density at radius 2 is 2.05 bits per heavy atom. The van der Waals surface area contributed by atoms with Crippen LogP contribution in [0, 0.1) is 0 Å². The minimum atomic E-state index is -0.990. The molecule has 0 aliphatic carbocycles. The molecule has 1 saturated heterocycles. The molecule has 1 rings (SSSR count). The number of carbonyl (C=O) groups is 3. The molecule has 0 saturated carbocycles. The Morgan fingerprint density at radius 1 is 1.40 bits per heavy atom. The van der Waals surface area contributed by atoms with Crippen molar-refractivity contribution in [2.45, 2.75) is 31.7 Å². The molecule has 1 amide bonds. The highest BCUT2D eigenvalue weighted by Gasteiger charge is 2.21. The number of Topliss-reactive ketones (excluding diaryl/α,β-unsaturated/α-hetero) is 1. The number of thioether (sulfide) groups is 1. The predicted octanol–water partition coefficient (Wildman–Crippen LogP) is 0.364. The van der Waals surface area contributed by atoms with E-state index in [0.717, 1.165) is 0 Å². The molecular formula is C13H22N2O4S. The predicted molar refractivity (Wildman–Crippen MR) is 77.9 cm³/mol. The fourth-order valence-electron chi connectivity index (χ4n) is 2.05. The van der Waals surface area contributed by atoms with Crippen molar-refractivity contribution in [1.29, 1.82) is 0 Å². The average molecular weight is 302 g/mol. The normalized spacial score (nSPS) is 17.8. The van der Waals surface area contributed by atoms with Crippen LogP contribution in [0.2, 0.25) is 0 Å². The highest BCUT2D eigenvalue weighted by Crippen LogP contribution is 2.06. The van der Waals surface area contributed by atoms with Crippen LogP contribution in [0.3, 0.4) is 0 Å². The third-order valence-corrected chi connectivity index (χ3v) is 3.96. The zero-order valence-corrected chi connectivity index (χ0v) is 12.6. The molecule has 1 unspecified atom stereocenters. The lowest BCUT2D eigenvalue weighted by Gasteiger charge is -2.25. The molecule has 1 atom stereocenters.